The number of nitro groups is 1. The maximum absolute atomic E-state index is 12.8. The fourth-order valence-corrected chi connectivity index (χ4v) is 3.25. The Morgan fingerprint density at radius 2 is 2.00 bits per heavy atom. The summed E-state index contributed by atoms with van der Waals surface area (Å²) in [7, 11) is 0. The second-order valence-electron chi connectivity index (χ2n) is 6.92. The lowest BCUT2D eigenvalue weighted by Crippen LogP contribution is -2.15. The number of ether oxygens (including phenoxy) is 3. The number of rotatable bonds is 8. The van der Waals surface area contributed by atoms with Crippen molar-refractivity contribution in [3.05, 3.63) is 70.4 Å². The summed E-state index contributed by atoms with van der Waals surface area (Å²) in [6.45, 7) is -2.00. The van der Waals surface area contributed by atoms with E-state index >= 15 is 0 Å². The average molecular weight is 431 g/mol. The van der Waals surface area contributed by atoms with Gasteiger partial charge in [-0.2, -0.15) is 13.9 Å². The summed E-state index contributed by atoms with van der Waals surface area (Å²) in [5.74, 6) is 0.0918. The molecule has 0 aliphatic carbocycles. The van der Waals surface area contributed by atoms with Crippen LogP contribution in [0.5, 0.6) is 11.5 Å². The maximum Gasteiger partial charge on any atom is 0.387 e. The first-order valence-corrected chi connectivity index (χ1v) is 9.62. The quantitative estimate of drug-likeness (QED) is 0.382. The van der Waals surface area contributed by atoms with Crippen LogP contribution in [-0.2, 0) is 11.3 Å². The van der Waals surface area contributed by atoms with Gasteiger partial charge in [0, 0.05) is 30.3 Å². The zero-order valence-corrected chi connectivity index (χ0v) is 16.3. The van der Waals surface area contributed by atoms with Crippen molar-refractivity contribution in [1.29, 1.82) is 0 Å². The fourth-order valence-electron chi connectivity index (χ4n) is 3.25. The smallest absolute Gasteiger partial charge is 0.387 e. The van der Waals surface area contributed by atoms with Gasteiger partial charge >= 0.3 is 6.61 Å². The Kier molecular flexibility index (Phi) is 6.08. The fraction of sp³-hybridized carbons (Fsp3) is 0.286. The number of hydrogen-bond acceptors (Lipinski definition) is 6. The second-order valence-corrected chi connectivity index (χ2v) is 6.92. The molecule has 2 aromatic carbocycles. The van der Waals surface area contributed by atoms with Gasteiger partial charge in [0.1, 0.15) is 0 Å². The minimum atomic E-state index is -2.97. The third kappa shape index (κ3) is 5.15. The van der Waals surface area contributed by atoms with Crippen LogP contribution in [0.4, 0.5) is 14.5 Å². The first-order valence-electron chi connectivity index (χ1n) is 9.62. The number of alkyl halides is 2. The summed E-state index contributed by atoms with van der Waals surface area (Å²) >= 11 is 0. The first-order chi connectivity index (χ1) is 15.0. The van der Waals surface area contributed by atoms with E-state index in [2.05, 4.69) is 9.84 Å². The summed E-state index contributed by atoms with van der Waals surface area (Å²) in [4.78, 5) is 10.3. The standard InChI is InChI=1S/C21H19F2N3O5/c22-21(23)31-18-8-5-15(12-19(18)30-20-2-1-11-29-20)17-9-10-25(24-17)13-14-3-6-16(7-4-14)26(27)28/h3-10,12,20-21H,1-2,11,13H2. The van der Waals surface area contributed by atoms with Crippen molar-refractivity contribution in [3.63, 3.8) is 0 Å². The van der Waals surface area contributed by atoms with Gasteiger partial charge in [0.15, 0.2) is 17.8 Å². The van der Waals surface area contributed by atoms with Crippen molar-refractivity contribution in [2.75, 3.05) is 6.61 Å². The molecule has 1 unspecified atom stereocenters. The molecule has 8 nitrogen and oxygen atoms in total. The normalized spacial score (nSPS) is 15.9. The van der Waals surface area contributed by atoms with Crippen LogP contribution >= 0.6 is 0 Å². The van der Waals surface area contributed by atoms with Crippen LogP contribution in [0.25, 0.3) is 11.3 Å². The summed E-state index contributed by atoms with van der Waals surface area (Å²) < 4.78 is 42.9. The molecular weight excluding hydrogens is 412 g/mol. The molecule has 0 amide bonds. The number of benzene rings is 2. The largest absolute Gasteiger partial charge is 0.461 e. The van der Waals surface area contributed by atoms with Crippen LogP contribution in [0, 0.1) is 10.1 Å². The van der Waals surface area contributed by atoms with E-state index in [0.717, 1.165) is 12.0 Å². The van der Waals surface area contributed by atoms with Crippen molar-refractivity contribution in [2.45, 2.75) is 32.3 Å². The van der Waals surface area contributed by atoms with Gasteiger partial charge in [0.05, 0.1) is 23.8 Å². The number of non-ortho nitro benzene ring substituents is 1. The van der Waals surface area contributed by atoms with Crippen LogP contribution in [0.15, 0.2) is 54.7 Å². The SMILES string of the molecule is O=[N+]([O-])c1ccc(Cn2ccc(-c3ccc(OC(F)F)c(OC4CCCO4)c3)n2)cc1. The average Bonchev–Trinajstić information content (AvgIpc) is 3.42. The Labute approximate surface area is 176 Å². The molecule has 1 atom stereocenters. The van der Waals surface area contributed by atoms with Crippen LogP contribution in [-0.4, -0.2) is 34.2 Å². The Bertz CT molecular complexity index is 1050. The minimum Gasteiger partial charge on any atom is -0.461 e. The van der Waals surface area contributed by atoms with Crippen LogP contribution in [0.3, 0.4) is 0 Å². The van der Waals surface area contributed by atoms with Gasteiger partial charge in [-0.25, -0.2) is 0 Å². The van der Waals surface area contributed by atoms with Crippen molar-refractivity contribution in [3.8, 4) is 22.8 Å². The van der Waals surface area contributed by atoms with E-state index in [-0.39, 0.29) is 17.2 Å². The molecule has 162 valence electrons. The molecule has 1 aromatic heterocycles. The lowest BCUT2D eigenvalue weighted by atomic mass is 10.1. The van der Waals surface area contributed by atoms with E-state index < -0.39 is 17.8 Å². The molecule has 10 heteroatoms. The molecule has 0 spiro atoms. The number of halogens is 2. The summed E-state index contributed by atoms with van der Waals surface area (Å²) in [6.07, 6.45) is 2.76. The van der Waals surface area contributed by atoms with Crippen LogP contribution in [0.1, 0.15) is 18.4 Å². The minimum absolute atomic E-state index is 0.0229. The van der Waals surface area contributed by atoms with Gasteiger partial charge in [-0.3, -0.25) is 14.8 Å². The molecule has 1 aliphatic rings. The van der Waals surface area contributed by atoms with Gasteiger partial charge < -0.3 is 14.2 Å². The highest BCUT2D eigenvalue weighted by Crippen LogP contribution is 2.35. The predicted molar refractivity (Wildman–Crippen MR) is 106 cm³/mol. The highest BCUT2D eigenvalue weighted by molar-refractivity contribution is 5.63. The van der Waals surface area contributed by atoms with E-state index in [0.29, 0.717) is 30.8 Å². The molecule has 0 N–H and O–H groups in total. The number of nitrogens with zero attached hydrogens (tertiary/aromatic N) is 3. The molecule has 3 aromatic rings. The predicted octanol–water partition coefficient (Wildman–Crippen LogP) is 4.62. The molecule has 4 rings (SSSR count). The third-order valence-electron chi connectivity index (χ3n) is 4.73. The molecule has 2 heterocycles. The molecule has 31 heavy (non-hydrogen) atoms. The summed E-state index contributed by atoms with van der Waals surface area (Å²) in [6, 6.07) is 12.6. The van der Waals surface area contributed by atoms with Gasteiger partial charge in [-0.05, 0) is 36.2 Å². The zero-order valence-electron chi connectivity index (χ0n) is 16.3. The van der Waals surface area contributed by atoms with Gasteiger partial charge in [-0.1, -0.05) is 12.1 Å². The molecule has 1 fully saturated rings. The molecule has 0 bridgehead atoms. The lowest BCUT2D eigenvalue weighted by Gasteiger charge is -2.17. The van der Waals surface area contributed by atoms with E-state index in [1.165, 1.54) is 18.2 Å². The van der Waals surface area contributed by atoms with Crippen molar-refractivity contribution >= 4 is 5.69 Å². The van der Waals surface area contributed by atoms with Crippen LogP contribution < -0.4 is 9.47 Å². The molecule has 1 aliphatic heterocycles. The lowest BCUT2D eigenvalue weighted by molar-refractivity contribution is -0.384. The van der Waals surface area contributed by atoms with E-state index in [1.807, 2.05) is 0 Å². The number of aromatic nitrogens is 2. The topological polar surface area (TPSA) is 88.7 Å². The van der Waals surface area contributed by atoms with Crippen molar-refractivity contribution in [1.82, 2.24) is 9.78 Å². The Morgan fingerprint density at radius 3 is 2.68 bits per heavy atom. The zero-order chi connectivity index (χ0) is 21.8. The van der Waals surface area contributed by atoms with E-state index in [9.17, 15) is 18.9 Å². The summed E-state index contributed by atoms with van der Waals surface area (Å²) in [5.41, 5.74) is 2.15. The molecule has 1 saturated heterocycles. The van der Waals surface area contributed by atoms with Gasteiger partial charge in [0.25, 0.3) is 5.69 Å². The molecular formula is C21H19F2N3O5. The second kappa shape index (κ2) is 9.09. The monoisotopic (exact) mass is 431 g/mol. The van der Waals surface area contributed by atoms with Gasteiger partial charge in [-0.15, -0.1) is 0 Å². The van der Waals surface area contributed by atoms with Crippen LogP contribution in [0.2, 0.25) is 0 Å². The van der Waals surface area contributed by atoms with Gasteiger partial charge in [0.2, 0.25) is 0 Å². The number of nitro benzene ring substituents is 1. The van der Waals surface area contributed by atoms with Crippen molar-refractivity contribution < 1.29 is 27.9 Å². The Balaban J connectivity index is 1.53. The third-order valence-corrected chi connectivity index (χ3v) is 4.73. The maximum atomic E-state index is 12.8. The Morgan fingerprint density at radius 1 is 1.19 bits per heavy atom. The first kappa shape index (κ1) is 20.7. The highest BCUT2D eigenvalue weighted by Gasteiger charge is 2.21. The van der Waals surface area contributed by atoms with E-state index in [1.54, 1.807) is 41.2 Å². The number of hydrogen-bond donors (Lipinski definition) is 0. The Hall–Kier alpha value is -3.53. The highest BCUT2D eigenvalue weighted by atomic mass is 19.3. The summed E-state index contributed by atoms with van der Waals surface area (Å²) in [5, 5.41) is 15.3. The molecule has 0 radical (unpaired) electrons. The molecule has 0 saturated carbocycles. The van der Waals surface area contributed by atoms with E-state index in [4.69, 9.17) is 9.47 Å². The van der Waals surface area contributed by atoms with Crippen molar-refractivity contribution in [2.24, 2.45) is 0 Å².